The number of nitrogens with one attached hydrogen (secondary N) is 2. The summed E-state index contributed by atoms with van der Waals surface area (Å²) in [5, 5.41) is 3.32. The van der Waals surface area contributed by atoms with E-state index in [9.17, 15) is 0 Å². The number of aromatic nitrogens is 3. The number of hydrogen-bond acceptors (Lipinski definition) is 3. The molecule has 0 saturated carbocycles. The van der Waals surface area contributed by atoms with E-state index in [1.807, 2.05) is 18.3 Å². The van der Waals surface area contributed by atoms with Crippen molar-refractivity contribution in [2.45, 2.75) is 26.4 Å². The zero-order valence-corrected chi connectivity index (χ0v) is 9.57. The van der Waals surface area contributed by atoms with E-state index in [-0.39, 0.29) is 0 Å². The first-order chi connectivity index (χ1) is 7.75. The van der Waals surface area contributed by atoms with Crippen molar-refractivity contribution in [1.82, 2.24) is 20.3 Å². The van der Waals surface area contributed by atoms with Crippen LogP contribution in [0, 0.1) is 0 Å². The lowest BCUT2D eigenvalue weighted by molar-refractivity contribution is 0.575. The molecule has 0 bridgehead atoms. The van der Waals surface area contributed by atoms with Gasteiger partial charge < -0.3 is 10.3 Å². The number of aromatic amines is 1. The van der Waals surface area contributed by atoms with Crippen LogP contribution < -0.4 is 5.32 Å². The molecule has 4 nitrogen and oxygen atoms in total. The summed E-state index contributed by atoms with van der Waals surface area (Å²) in [7, 11) is 0. The number of hydrogen-bond donors (Lipinski definition) is 2. The summed E-state index contributed by atoms with van der Waals surface area (Å²) in [4.78, 5) is 11.6. The van der Waals surface area contributed by atoms with Gasteiger partial charge in [-0.3, -0.25) is 4.98 Å². The van der Waals surface area contributed by atoms with Gasteiger partial charge in [0.05, 0.1) is 18.4 Å². The van der Waals surface area contributed by atoms with Crippen LogP contribution in [-0.2, 0) is 6.54 Å². The molecule has 0 aromatic carbocycles. The summed E-state index contributed by atoms with van der Waals surface area (Å²) >= 11 is 0. The van der Waals surface area contributed by atoms with Crippen molar-refractivity contribution in [3.8, 4) is 11.3 Å². The number of H-pyrrole nitrogens is 1. The summed E-state index contributed by atoms with van der Waals surface area (Å²) < 4.78 is 0. The maximum absolute atomic E-state index is 4.33. The summed E-state index contributed by atoms with van der Waals surface area (Å²) in [5.41, 5.74) is 2.14. The molecule has 0 atom stereocenters. The topological polar surface area (TPSA) is 53.6 Å². The highest BCUT2D eigenvalue weighted by molar-refractivity contribution is 5.57. The molecule has 2 rings (SSSR count). The molecule has 16 heavy (non-hydrogen) atoms. The van der Waals surface area contributed by atoms with Gasteiger partial charge in [-0.15, -0.1) is 0 Å². The van der Waals surface area contributed by atoms with Crippen molar-refractivity contribution in [2.24, 2.45) is 0 Å². The highest BCUT2D eigenvalue weighted by Crippen LogP contribution is 2.15. The highest BCUT2D eigenvalue weighted by Gasteiger charge is 2.02. The highest BCUT2D eigenvalue weighted by atomic mass is 15.0. The van der Waals surface area contributed by atoms with Gasteiger partial charge in [0.2, 0.25) is 0 Å². The predicted molar refractivity (Wildman–Crippen MR) is 63.8 cm³/mol. The van der Waals surface area contributed by atoms with Crippen LogP contribution in [0.25, 0.3) is 11.3 Å². The summed E-state index contributed by atoms with van der Waals surface area (Å²) in [6, 6.07) is 4.40. The molecule has 2 aromatic heterocycles. The zero-order valence-electron chi connectivity index (χ0n) is 9.57. The predicted octanol–water partition coefficient (Wildman–Crippen LogP) is 1.97. The largest absolute Gasteiger partial charge is 0.341 e. The van der Waals surface area contributed by atoms with Crippen LogP contribution in [0.4, 0.5) is 0 Å². The Kier molecular flexibility index (Phi) is 3.31. The van der Waals surface area contributed by atoms with Gasteiger partial charge in [0.15, 0.2) is 0 Å². The molecule has 2 N–H and O–H groups in total. The molecule has 4 heteroatoms. The minimum absolute atomic E-state index is 0.467. The van der Waals surface area contributed by atoms with Crippen molar-refractivity contribution in [3.63, 3.8) is 0 Å². The molecule has 0 aliphatic rings. The van der Waals surface area contributed by atoms with Gasteiger partial charge >= 0.3 is 0 Å². The molecule has 0 spiro atoms. The van der Waals surface area contributed by atoms with Gasteiger partial charge in [-0.2, -0.15) is 0 Å². The second-order valence-electron chi connectivity index (χ2n) is 4.02. The van der Waals surface area contributed by atoms with Crippen molar-refractivity contribution < 1.29 is 0 Å². The van der Waals surface area contributed by atoms with Crippen molar-refractivity contribution in [1.29, 1.82) is 0 Å². The minimum Gasteiger partial charge on any atom is -0.341 e. The average Bonchev–Trinajstić information content (AvgIpc) is 2.76. The van der Waals surface area contributed by atoms with E-state index in [4.69, 9.17) is 0 Å². The van der Waals surface area contributed by atoms with Crippen molar-refractivity contribution in [3.05, 3.63) is 36.5 Å². The van der Waals surface area contributed by atoms with Crippen LogP contribution in [0.1, 0.15) is 19.7 Å². The first kappa shape index (κ1) is 10.8. The summed E-state index contributed by atoms with van der Waals surface area (Å²) in [6.07, 6.45) is 5.41. The average molecular weight is 216 g/mol. The van der Waals surface area contributed by atoms with Crippen LogP contribution in [0.15, 0.2) is 30.7 Å². The van der Waals surface area contributed by atoms with Gasteiger partial charge in [-0.25, -0.2) is 4.98 Å². The van der Waals surface area contributed by atoms with Gasteiger partial charge in [0.1, 0.15) is 5.82 Å². The van der Waals surface area contributed by atoms with Gasteiger partial charge in [0.25, 0.3) is 0 Å². The van der Waals surface area contributed by atoms with Gasteiger partial charge in [-0.1, -0.05) is 13.8 Å². The van der Waals surface area contributed by atoms with E-state index in [2.05, 4.69) is 34.1 Å². The minimum atomic E-state index is 0.467. The summed E-state index contributed by atoms with van der Waals surface area (Å²) in [6.45, 7) is 5.00. The van der Waals surface area contributed by atoms with E-state index in [0.29, 0.717) is 6.04 Å². The quantitative estimate of drug-likeness (QED) is 0.821. The van der Waals surface area contributed by atoms with E-state index >= 15 is 0 Å². The smallest absolute Gasteiger partial charge is 0.120 e. The molecule has 0 unspecified atom stereocenters. The standard InChI is InChI=1S/C12H16N4/c1-9(2)14-8-12-15-7-11(16-12)10-3-5-13-6-4-10/h3-7,9,14H,8H2,1-2H3,(H,15,16). The molecule has 0 radical (unpaired) electrons. The van der Waals surface area contributed by atoms with Crippen molar-refractivity contribution in [2.75, 3.05) is 0 Å². The normalized spacial score (nSPS) is 10.9. The molecule has 0 fully saturated rings. The Morgan fingerprint density at radius 2 is 2.06 bits per heavy atom. The first-order valence-electron chi connectivity index (χ1n) is 5.43. The van der Waals surface area contributed by atoms with Crippen LogP contribution in [0.3, 0.4) is 0 Å². The Morgan fingerprint density at radius 3 is 2.75 bits per heavy atom. The molecular formula is C12H16N4. The zero-order chi connectivity index (χ0) is 11.4. The number of rotatable bonds is 4. The van der Waals surface area contributed by atoms with Gasteiger partial charge in [-0.05, 0) is 12.1 Å². The monoisotopic (exact) mass is 216 g/mol. The first-order valence-corrected chi connectivity index (χ1v) is 5.43. The Labute approximate surface area is 95.1 Å². The Morgan fingerprint density at radius 1 is 1.31 bits per heavy atom. The second kappa shape index (κ2) is 4.90. The fraction of sp³-hybridized carbons (Fsp3) is 0.333. The van der Waals surface area contributed by atoms with Crippen LogP contribution >= 0.6 is 0 Å². The van der Waals surface area contributed by atoms with E-state index in [0.717, 1.165) is 23.6 Å². The van der Waals surface area contributed by atoms with Crippen LogP contribution in [0.2, 0.25) is 0 Å². The number of pyridine rings is 1. The lowest BCUT2D eigenvalue weighted by atomic mass is 10.2. The molecule has 2 heterocycles. The van der Waals surface area contributed by atoms with Crippen molar-refractivity contribution >= 4 is 0 Å². The Hall–Kier alpha value is -1.68. The molecule has 2 aromatic rings. The SMILES string of the molecule is CC(C)NCc1ncc(-c2ccncc2)[nH]1. The molecule has 0 saturated heterocycles. The lowest BCUT2D eigenvalue weighted by Crippen LogP contribution is -2.22. The number of nitrogens with zero attached hydrogens (tertiary/aromatic N) is 2. The molecule has 0 aliphatic heterocycles. The van der Waals surface area contributed by atoms with E-state index in [1.165, 1.54) is 0 Å². The molecule has 84 valence electrons. The molecule has 0 aliphatic carbocycles. The molecular weight excluding hydrogens is 200 g/mol. The fourth-order valence-electron chi connectivity index (χ4n) is 1.43. The van der Waals surface area contributed by atoms with Gasteiger partial charge in [0, 0.05) is 24.0 Å². The third kappa shape index (κ3) is 2.67. The molecule has 0 amide bonds. The number of imidazole rings is 1. The third-order valence-electron chi connectivity index (χ3n) is 2.30. The van der Waals surface area contributed by atoms with E-state index < -0.39 is 0 Å². The maximum Gasteiger partial charge on any atom is 0.120 e. The summed E-state index contributed by atoms with van der Waals surface area (Å²) in [5.74, 6) is 0.959. The Balaban J connectivity index is 2.08. The lowest BCUT2D eigenvalue weighted by Gasteiger charge is -2.04. The fourth-order valence-corrected chi connectivity index (χ4v) is 1.43. The van der Waals surface area contributed by atoms with Crippen LogP contribution in [0.5, 0.6) is 0 Å². The second-order valence-corrected chi connectivity index (χ2v) is 4.02. The van der Waals surface area contributed by atoms with Crippen LogP contribution in [-0.4, -0.2) is 21.0 Å². The third-order valence-corrected chi connectivity index (χ3v) is 2.30. The Bertz CT molecular complexity index is 433. The van der Waals surface area contributed by atoms with E-state index in [1.54, 1.807) is 12.4 Å². The maximum atomic E-state index is 4.33.